The number of nitrogens with zero attached hydrogens (tertiary/aromatic N) is 3. The van der Waals surface area contributed by atoms with Crippen LogP contribution in [-0.2, 0) is 17.6 Å². The van der Waals surface area contributed by atoms with Gasteiger partial charge < -0.3 is 19.9 Å². The molecule has 0 spiro atoms. The van der Waals surface area contributed by atoms with E-state index in [9.17, 15) is 4.79 Å². The highest BCUT2D eigenvalue weighted by Crippen LogP contribution is 2.17. The first-order valence-corrected chi connectivity index (χ1v) is 9.08. The number of morpholine rings is 1. The Labute approximate surface area is 153 Å². The van der Waals surface area contributed by atoms with E-state index in [0.29, 0.717) is 37.2 Å². The zero-order valence-corrected chi connectivity index (χ0v) is 15.4. The first-order chi connectivity index (χ1) is 12.5. The van der Waals surface area contributed by atoms with E-state index >= 15 is 0 Å². The first kappa shape index (κ1) is 18.4. The molecular weight excluding hydrogens is 332 g/mol. The average Bonchev–Trinajstić information content (AvgIpc) is 3.07. The van der Waals surface area contributed by atoms with E-state index in [1.807, 2.05) is 12.1 Å². The molecule has 0 bridgehead atoms. The van der Waals surface area contributed by atoms with Crippen molar-refractivity contribution in [1.82, 2.24) is 15.0 Å². The maximum atomic E-state index is 12.7. The van der Waals surface area contributed by atoms with E-state index in [4.69, 9.17) is 15.0 Å². The molecule has 0 radical (unpaired) electrons. The van der Waals surface area contributed by atoms with Gasteiger partial charge in [-0.05, 0) is 42.9 Å². The first-order valence-electron chi connectivity index (χ1n) is 9.08. The molecule has 1 saturated heterocycles. The van der Waals surface area contributed by atoms with Crippen molar-refractivity contribution in [1.29, 1.82) is 0 Å². The Morgan fingerprint density at radius 3 is 3.04 bits per heavy atom. The molecular formula is C19H26N4O3. The number of ether oxygens (including phenoxy) is 1. The van der Waals surface area contributed by atoms with Crippen molar-refractivity contribution >= 4 is 11.7 Å². The summed E-state index contributed by atoms with van der Waals surface area (Å²) in [5, 5.41) is 4.00. The number of hydrogen-bond acceptors (Lipinski definition) is 6. The van der Waals surface area contributed by atoms with Gasteiger partial charge in [0.15, 0.2) is 0 Å². The Hall–Kier alpha value is -2.41. The van der Waals surface area contributed by atoms with Gasteiger partial charge in [-0.15, -0.1) is 0 Å². The summed E-state index contributed by atoms with van der Waals surface area (Å²) >= 11 is 0. The quantitative estimate of drug-likeness (QED) is 0.851. The predicted molar refractivity (Wildman–Crippen MR) is 97.7 cm³/mol. The minimum absolute atomic E-state index is 0.000135. The minimum atomic E-state index is -0.117. The van der Waals surface area contributed by atoms with E-state index in [0.717, 1.165) is 30.5 Å². The molecule has 3 heterocycles. The summed E-state index contributed by atoms with van der Waals surface area (Å²) in [6.07, 6.45) is 4.17. The molecule has 2 N–H and O–H groups in total. The number of anilines is 1. The molecule has 140 valence electrons. The largest absolute Gasteiger partial charge is 0.384 e. The lowest BCUT2D eigenvalue weighted by molar-refractivity contribution is -0.0257. The van der Waals surface area contributed by atoms with Crippen LogP contribution < -0.4 is 5.73 Å². The predicted octanol–water partition coefficient (Wildman–Crippen LogP) is 2.32. The number of rotatable bonds is 6. The molecule has 3 rings (SSSR count). The topological polar surface area (TPSA) is 94.5 Å². The van der Waals surface area contributed by atoms with Crippen molar-refractivity contribution in [3.63, 3.8) is 0 Å². The Bertz CT molecular complexity index is 744. The van der Waals surface area contributed by atoms with Gasteiger partial charge in [-0.25, -0.2) is 4.98 Å². The lowest BCUT2D eigenvalue weighted by Crippen LogP contribution is -2.45. The van der Waals surface area contributed by atoms with Crippen molar-refractivity contribution in [2.75, 3.05) is 25.4 Å². The molecule has 1 aliphatic heterocycles. The molecule has 1 aliphatic rings. The van der Waals surface area contributed by atoms with Gasteiger partial charge in [0.05, 0.1) is 18.4 Å². The van der Waals surface area contributed by atoms with E-state index < -0.39 is 0 Å². The van der Waals surface area contributed by atoms with Gasteiger partial charge in [0, 0.05) is 25.4 Å². The maximum Gasteiger partial charge on any atom is 0.292 e. The van der Waals surface area contributed by atoms with Crippen LogP contribution >= 0.6 is 0 Å². The van der Waals surface area contributed by atoms with Crippen LogP contribution in [0.3, 0.4) is 0 Å². The van der Waals surface area contributed by atoms with Crippen LogP contribution in [0.4, 0.5) is 5.82 Å². The molecule has 7 heteroatoms. The highest BCUT2D eigenvalue weighted by Gasteiger charge is 2.27. The number of hydrogen-bond donors (Lipinski definition) is 1. The van der Waals surface area contributed by atoms with Gasteiger partial charge in [0.1, 0.15) is 5.82 Å². The highest BCUT2D eigenvalue weighted by atomic mass is 16.5. The van der Waals surface area contributed by atoms with Crippen molar-refractivity contribution in [3.05, 3.63) is 41.4 Å². The van der Waals surface area contributed by atoms with Crippen LogP contribution in [0.2, 0.25) is 0 Å². The Morgan fingerprint density at radius 2 is 2.27 bits per heavy atom. The second-order valence-electron chi connectivity index (χ2n) is 7.15. The molecule has 1 unspecified atom stereocenters. The molecule has 0 aromatic carbocycles. The molecule has 7 nitrogen and oxygen atoms in total. The van der Waals surface area contributed by atoms with Crippen molar-refractivity contribution in [2.45, 2.75) is 39.2 Å². The molecule has 2 aromatic rings. The Kier molecular flexibility index (Phi) is 5.88. The van der Waals surface area contributed by atoms with Crippen LogP contribution in [0.1, 0.15) is 42.1 Å². The second-order valence-corrected chi connectivity index (χ2v) is 7.15. The van der Waals surface area contributed by atoms with Crippen molar-refractivity contribution in [3.8, 4) is 0 Å². The van der Waals surface area contributed by atoms with Gasteiger partial charge in [-0.3, -0.25) is 4.79 Å². The van der Waals surface area contributed by atoms with Crippen LogP contribution in [0, 0.1) is 5.92 Å². The number of nitrogens with two attached hydrogens (primary N) is 1. The third kappa shape index (κ3) is 4.82. The van der Waals surface area contributed by atoms with Crippen LogP contribution in [0.25, 0.3) is 0 Å². The molecule has 1 amide bonds. The normalized spacial score (nSPS) is 17.7. The molecule has 1 atom stereocenters. The van der Waals surface area contributed by atoms with Crippen molar-refractivity contribution < 1.29 is 14.1 Å². The van der Waals surface area contributed by atoms with E-state index in [-0.39, 0.29) is 12.0 Å². The maximum absolute atomic E-state index is 12.7. The zero-order valence-electron chi connectivity index (χ0n) is 15.4. The summed E-state index contributed by atoms with van der Waals surface area (Å²) in [6, 6.07) is 5.58. The highest BCUT2D eigenvalue weighted by molar-refractivity contribution is 5.91. The number of pyridine rings is 1. The second kappa shape index (κ2) is 8.31. The lowest BCUT2D eigenvalue weighted by atomic mass is 10.1. The summed E-state index contributed by atoms with van der Waals surface area (Å²) in [4.78, 5) is 18.5. The van der Waals surface area contributed by atoms with Crippen LogP contribution in [0.5, 0.6) is 0 Å². The molecule has 0 aliphatic carbocycles. The summed E-state index contributed by atoms with van der Waals surface area (Å²) in [5.41, 5.74) is 7.66. The van der Waals surface area contributed by atoms with Crippen LogP contribution in [0.15, 0.2) is 28.9 Å². The van der Waals surface area contributed by atoms with Gasteiger partial charge in [0.2, 0.25) is 5.76 Å². The number of carbonyl (C=O) groups excluding carboxylic acids is 1. The Morgan fingerprint density at radius 1 is 1.42 bits per heavy atom. The molecule has 1 fully saturated rings. The number of aromatic nitrogens is 2. The number of aryl methyl sites for hydroxylation is 1. The summed E-state index contributed by atoms with van der Waals surface area (Å²) in [5.74, 6) is 1.18. The average molecular weight is 358 g/mol. The van der Waals surface area contributed by atoms with Gasteiger partial charge in [-0.2, -0.15) is 0 Å². The monoisotopic (exact) mass is 358 g/mol. The summed E-state index contributed by atoms with van der Waals surface area (Å²) in [6.45, 7) is 5.87. The third-order valence-electron chi connectivity index (χ3n) is 4.41. The number of amides is 1. The number of carbonyl (C=O) groups is 1. The standard InChI is InChI=1S/C19H26N4O3/c1-13(2)9-15-11-17(26-22-15)19(24)23-7-8-25-16(12-23)4-3-14-5-6-21-18(20)10-14/h5-6,10-11,13,16H,3-4,7-9,12H2,1-2H3,(H2,20,21). The fourth-order valence-corrected chi connectivity index (χ4v) is 3.14. The van der Waals surface area contributed by atoms with Crippen LogP contribution in [-0.4, -0.2) is 46.7 Å². The van der Waals surface area contributed by atoms with E-state index in [1.54, 1.807) is 17.2 Å². The Balaban J connectivity index is 1.55. The van der Waals surface area contributed by atoms with E-state index in [2.05, 4.69) is 24.0 Å². The summed E-state index contributed by atoms with van der Waals surface area (Å²) < 4.78 is 11.1. The van der Waals surface area contributed by atoms with Crippen molar-refractivity contribution in [2.24, 2.45) is 5.92 Å². The molecule has 2 aromatic heterocycles. The van der Waals surface area contributed by atoms with Gasteiger partial charge in [-0.1, -0.05) is 19.0 Å². The lowest BCUT2D eigenvalue weighted by Gasteiger charge is -2.32. The summed E-state index contributed by atoms with van der Waals surface area (Å²) in [7, 11) is 0. The third-order valence-corrected chi connectivity index (χ3v) is 4.41. The fraction of sp³-hybridized carbons (Fsp3) is 0.526. The van der Waals surface area contributed by atoms with Gasteiger partial charge in [0.25, 0.3) is 5.91 Å². The smallest absolute Gasteiger partial charge is 0.292 e. The SMILES string of the molecule is CC(C)Cc1cc(C(=O)N2CCOC(CCc3ccnc(N)c3)C2)on1. The fourth-order valence-electron chi connectivity index (χ4n) is 3.14. The van der Waals surface area contributed by atoms with Gasteiger partial charge >= 0.3 is 0 Å². The van der Waals surface area contributed by atoms with E-state index in [1.165, 1.54) is 0 Å². The minimum Gasteiger partial charge on any atom is -0.384 e. The number of nitrogen functional groups attached to an aromatic ring is 1. The zero-order chi connectivity index (χ0) is 18.5. The molecule has 26 heavy (non-hydrogen) atoms. The molecule has 0 saturated carbocycles.